The maximum absolute atomic E-state index is 12.3. The van der Waals surface area contributed by atoms with Gasteiger partial charge in [-0.1, -0.05) is 13.3 Å². The molecular weight excluding hydrogens is 276 g/mol. The van der Waals surface area contributed by atoms with Gasteiger partial charge in [-0.2, -0.15) is 0 Å². The summed E-state index contributed by atoms with van der Waals surface area (Å²) in [4.78, 5) is 23.0. The summed E-state index contributed by atoms with van der Waals surface area (Å²) in [7, 11) is 0. The first kappa shape index (κ1) is 15.3. The summed E-state index contributed by atoms with van der Waals surface area (Å²) < 4.78 is 0. The van der Waals surface area contributed by atoms with Gasteiger partial charge in [0.15, 0.2) is 0 Å². The first-order chi connectivity index (χ1) is 10.7. The lowest BCUT2D eigenvalue weighted by atomic mass is 9.96. The van der Waals surface area contributed by atoms with Crippen molar-refractivity contribution in [3.63, 3.8) is 0 Å². The fourth-order valence-electron chi connectivity index (χ4n) is 3.31. The molecular formula is C17H26N4O. The molecule has 2 aliphatic rings. The third kappa shape index (κ3) is 3.57. The van der Waals surface area contributed by atoms with Crippen molar-refractivity contribution in [2.45, 2.75) is 39.5 Å². The topological polar surface area (TPSA) is 58.1 Å². The van der Waals surface area contributed by atoms with E-state index in [1.807, 2.05) is 19.3 Å². The van der Waals surface area contributed by atoms with E-state index in [0.717, 1.165) is 50.9 Å². The highest BCUT2D eigenvalue weighted by molar-refractivity contribution is 5.81. The van der Waals surface area contributed by atoms with Crippen LogP contribution in [0.15, 0.2) is 12.4 Å². The fourth-order valence-corrected chi connectivity index (χ4v) is 3.31. The number of rotatable bonds is 5. The van der Waals surface area contributed by atoms with Gasteiger partial charge >= 0.3 is 0 Å². The molecule has 0 aromatic carbocycles. The average Bonchev–Trinajstić information content (AvgIpc) is 3.34. The monoisotopic (exact) mass is 302 g/mol. The number of carbonyl (C=O) groups excluding carboxylic acids is 1. The number of amides is 1. The zero-order valence-corrected chi connectivity index (χ0v) is 13.6. The zero-order valence-electron chi connectivity index (χ0n) is 13.6. The fraction of sp³-hybridized carbons (Fsp3) is 0.706. The number of anilines is 1. The highest BCUT2D eigenvalue weighted by atomic mass is 16.2. The van der Waals surface area contributed by atoms with Crippen LogP contribution in [0.2, 0.25) is 0 Å². The van der Waals surface area contributed by atoms with E-state index in [4.69, 9.17) is 0 Å². The van der Waals surface area contributed by atoms with Gasteiger partial charge in [0.25, 0.3) is 0 Å². The van der Waals surface area contributed by atoms with Crippen LogP contribution in [0.5, 0.6) is 0 Å². The summed E-state index contributed by atoms with van der Waals surface area (Å²) in [6, 6.07) is 0. The molecule has 0 unspecified atom stereocenters. The van der Waals surface area contributed by atoms with Crippen molar-refractivity contribution in [2.75, 3.05) is 25.0 Å². The van der Waals surface area contributed by atoms with Crippen LogP contribution in [0.3, 0.4) is 0 Å². The number of hydrogen-bond acceptors (Lipinski definition) is 4. The number of aromatic nitrogens is 2. The normalized spacial score (nSPS) is 25.1. The van der Waals surface area contributed by atoms with Gasteiger partial charge < -0.3 is 10.2 Å². The summed E-state index contributed by atoms with van der Waals surface area (Å²) >= 11 is 0. The summed E-state index contributed by atoms with van der Waals surface area (Å²) in [6.45, 7) is 6.88. The van der Waals surface area contributed by atoms with Crippen molar-refractivity contribution in [1.29, 1.82) is 0 Å². The minimum absolute atomic E-state index is 0.334. The molecule has 1 aromatic heterocycles. The van der Waals surface area contributed by atoms with Gasteiger partial charge in [-0.15, -0.1) is 0 Å². The van der Waals surface area contributed by atoms with Crippen molar-refractivity contribution in [2.24, 2.45) is 17.8 Å². The minimum atomic E-state index is 0.334. The van der Waals surface area contributed by atoms with E-state index in [-0.39, 0.29) is 0 Å². The maximum Gasteiger partial charge on any atom is 0.225 e. The smallest absolute Gasteiger partial charge is 0.225 e. The molecule has 1 aliphatic carbocycles. The number of nitrogens with one attached hydrogen (secondary N) is 1. The number of likely N-dealkylation sites (tertiary alicyclic amines) is 1. The van der Waals surface area contributed by atoms with Gasteiger partial charge in [0.1, 0.15) is 0 Å². The van der Waals surface area contributed by atoms with Crippen molar-refractivity contribution >= 4 is 11.9 Å². The Labute approximate surface area is 132 Å². The van der Waals surface area contributed by atoms with E-state index >= 15 is 0 Å². The van der Waals surface area contributed by atoms with Gasteiger partial charge in [-0.3, -0.25) is 4.79 Å². The molecule has 1 aromatic rings. The maximum atomic E-state index is 12.3. The minimum Gasteiger partial charge on any atom is -0.354 e. The van der Waals surface area contributed by atoms with Crippen LogP contribution in [0, 0.1) is 24.7 Å². The number of hydrogen-bond donors (Lipinski definition) is 1. The Hall–Kier alpha value is -1.65. The predicted molar refractivity (Wildman–Crippen MR) is 86.5 cm³/mol. The molecule has 0 radical (unpaired) electrons. The third-order valence-electron chi connectivity index (χ3n) is 5.02. The molecule has 5 heteroatoms. The van der Waals surface area contributed by atoms with Crippen molar-refractivity contribution in [3.8, 4) is 0 Å². The van der Waals surface area contributed by atoms with Gasteiger partial charge in [0.2, 0.25) is 11.9 Å². The second-order valence-electron chi connectivity index (χ2n) is 6.74. The molecule has 22 heavy (non-hydrogen) atoms. The Balaban J connectivity index is 1.40. The van der Waals surface area contributed by atoms with E-state index in [9.17, 15) is 4.79 Å². The van der Waals surface area contributed by atoms with Gasteiger partial charge in [0, 0.05) is 37.9 Å². The highest BCUT2D eigenvalue weighted by Crippen LogP contribution is 2.42. The van der Waals surface area contributed by atoms with Gasteiger partial charge in [-0.25, -0.2) is 9.97 Å². The van der Waals surface area contributed by atoms with Crippen LogP contribution in [-0.2, 0) is 4.79 Å². The van der Waals surface area contributed by atoms with E-state index in [1.54, 1.807) is 0 Å². The van der Waals surface area contributed by atoms with Crippen LogP contribution < -0.4 is 5.32 Å². The molecule has 5 nitrogen and oxygen atoms in total. The van der Waals surface area contributed by atoms with E-state index in [1.165, 1.54) is 0 Å². The quantitative estimate of drug-likeness (QED) is 0.908. The standard InChI is InChI=1S/C17H26N4O/c1-3-14-8-15(14)16(22)21-6-4-13(5-7-21)11-20-17-18-9-12(2)10-19-17/h9-10,13-15H,3-8,11H2,1-2H3,(H,18,19,20)/t14-,15-/m1/s1. The molecule has 1 aliphatic heterocycles. The van der Waals surface area contributed by atoms with E-state index in [2.05, 4.69) is 27.1 Å². The van der Waals surface area contributed by atoms with Crippen LogP contribution in [0.25, 0.3) is 0 Å². The molecule has 0 bridgehead atoms. The summed E-state index contributed by atoms with van der Waals surface area (Å²) in [6.07, 6.45) is 8.07. The summed E-state index contributed by atoms with van der Waals surface area (Å²) in [5.74, 6) is 2.70. The molecule has 1 saturated carbocycles. The summed E-state index contributed by atoms with van der Waals surface area (Å²) in [5, 5.41) is 3.31. The first-order valence-electron chi connectivity index (χ1n) is 8.48. The van der Waals surface area contributed by atoms with Crippen molar-refractivity contribution in [1.82, 2.24) is 14.9 Å². The molecule has 1 saturated heterocycles. The molecule has 2 atom stereocenters. The Morgan fingerprint density at radius 2 is 2.00 bits per heavy atom. The molecule has 1 amide bonds. The van der Waals surface area contributed by atoms with E-state index < -0.39 is 0 Å². The van der Waals surface area contributed by atoms with Crippen LogP contribution in [0.4, 0.5) is 5.95 Å². The SMILES string of the molecule is CC[C@@H]1C[C@H]1C(=O)N1CCC(CNc2ncc(C)cn2)CC1. The number of carbonyl (C=O) groups is 1. The lowest BCUT2D eigenvalue weighted by Crippen LogP contribution is -2.41. The molecule has 120 valence electrons. The molecule has 2 heterocycles. The lowest BCUT2D eigenvalue weighted by molar-refractivity contribution is -0.134. The second kappa shape index (κ2) is 6.63. The largest absolute Gasteiger partial charge is 0.354 e. The average molecular weight is 302 g/mol. The highest BCUT2D eigenvalue weighted by Gasteiger charge is 2.43. The van der Waals surface area contributed by atoms with E-state index in [0.29, 0.717) is 29.6 Å². The number of piperidine rings is 1. The van der Waals surface area contributed by atoms with Crippen LogP contribution >= 0.6 is 0 Å². The Morgan fingerprint density at radius 1 is 1.32 bits per heavy atom. The zero-order chi connectivity index (χ0) is 15.5. The Kier molecular flexibility index (Phi) is 4.60. The number of nitrogens with zero attached hydrogens (tertiary/aromatic N) is 3. The Morgan fingerprint density at radius 3 is 2.59 bits per heavy atom. The predicted octanol–water partition coefficient (Wildman–Crippen LogP) is 2.48. The molecule has 3 rings (SSSR count). The van der Waals surface area contributed by atoms with Crippen LogP contribution in [-0.4, -0.2) is 40.4 Å². The van der Waals surface area contributed by atoms with Gasteiger partial charge in [0.05, 0.1) is 0 Å². The van der Waals surface area contributed by atoms with Crippen molar-refractivity contribution in [3.05, 3.63) is 18.0 Å². The van der Waals surface area contributed by atoms with Gasteiger partial charge in [-0.05, 0) is 43.6 Å². The second-order valence-corrected chi connectivity index (χ2v) is 6.74. The van der Waals surface area contributed by atoms with Crippen molar-refractivity contribution < 1.29 is 4.79 Å². The molecule has 2 fully saturated rings. The third-order valence-corrected chi connectivity index (χ3v) is 5.02. The Bertz CT molecular complexity index is 508. The number of aryl methyl sites for hydroxylation is 1. The first-order valence-corrected chi connectivity index (χ1v) is 8.48. The lowest BCUT2D eigenvalue weighted by Gasteiger charge is -2.32. The molecule has 1 N–H and O–H groups in total. The molecule has 0 spiro atoms. The van der Waals surface area contributed by atoms with Crippen LogP contribution in [0.1, 0.15) is 38.2 Å². The summed E-state index contributed by atoms with van der Waals surface area (Å²) in [5.41, 5.74) is 1.07.